The number of carboxylic acid groups (broad SMARTS) is 2. The van der Waals surface area contributed by atoms with Crippen LogP contribution in [0.2, 0.25) is 0 Å². The summed E-state index contributed by atoms with van der Waals surface area (Å²) in [6.07, 6.45) is 0. The summed E-state index contributed by atoms with van der Waals surface area (Å²) in [5.74, 6) is -2.06. The van der Waals surface area contributed by atoms with Crippen molar-refractivity contribution in [3.05, 3.63) is 35.9 Å². The van der Waals surface area contributed by atoms with Crippen LogP contribution < -0.4 is 0 Å². The first-order chi connectivity index (χ1) is 7.58. The first-order valence-corrected chi connectivity index (χ1v) is 4.78. The number of rotatable bonds is 6. The van der Waals surface area contributed by atoms with Gasteiger partial charge in [-0.1, -0.05) is 30.3 Å². The SMILES string of the molecule is O=C(O)CN(CC(=O)O)Cc1ccccc1.[Ba+2]. The van der Waals surface area contributed by atoms with E-state index in [0.717, 1.165) is 5.56 Å². The minimum atomic E-state index is -1.03. The predicted molar refractivity (Wildman–Crippen MR) is 62.7 cm³/mol. The van der Waals surface area contributed by atoms with Gasteiger partial charge in [0, 0.05) is 6.54 Å². The minimum absolute atomic E-state index is 0. The summed E-state index contributed by atoms with van der Waals surface area (Å²) in [6.45, 7) is -0.234. The zero-order chi connectivity index (χ0) is 12.0. The Bertz CT molecular complexity index is 353. The van der Waals surface area contributed by atoms with E-state index in [0.29, 0.717) is 6.54 Å². The molecule has 2 N–H and O–H groups in total. The van der Waals surface area contributed by atoms with E-state index in [1.807, 2.05) is 30.3 Å². The van der Waals surface area contributed by atoms with Gasteiger partial charge in [-0.2, -0.15) is 0 Å². The molecule has 0 fully saturated rings. The van der Waals surface area contributed by atoms with Crippen LogP contribution in [-0.2, 0) is 16.1 Å². The Morgan fingerprint density at radius 1 is 1.00 bits per heavy atom. The summed E-state index contributed by atoms with van der Waals surface area (Å²) in [7, 11) is 0. The first-order valence-electron chi connectivity index (χ1n) is 4.78. The van der Waals surface area contributed by atoms with Crippen molar-refractivity contribution in [2.24, 2.45) is 0 Å². The first kappa shape index (κ1) is 16.7. The van der Waals surface area contributed by atoms with Gasteiger partial charge in [-0.25, -0.2) is 0 Å². The number of carboxylic acids is 2. The van der Waals surface area contributed by atoms with E-state index in [2.05, 4.69) is 0 Å². The molecule has 17 heavy (non-hydrogen) atoms. The van der Waals surface area contributed by atoms with Crippen LogP contribution in [0.5, 0.6) is 0 Å². The van der Waals surface area contributed by atoms with Crippen molar-refractivity contribution in [1.82, 2.24) is 4.90 Å². The second kappa shape index (κ2) is 8.73. The Balaban J connectivity index is 0.00000256. The summed E-state index contributed by atoms with van der Waals surface area (Å²) in [5.41, 5.74) is 0.894. The quantitative estimate of drug-likeness (QED) is 0.713. The Kier molecular flexibility index (Phi) is 8.58. The van der Waals surface area contributed by atoms with Crippen LogP contribution in [0.4, 0.5) is 0 Å². The van der Waals surface area contributed by atoms with E-state index in [9.17, 15) is 9.59 Å². The Morgan fingerprint density at radius 2 is 1.47 bits per heavy atom. The standard InChI is InChI=1S/C11H13NO4.Ba/c13-10(14)7-12(8-11(15)16)6-9-4-2-1-3-5-9;/h1-5H,6-8H2,(H,13,14)(H,15,16);/q;+2. The summed E-state index contributed by atoms with van der Waals surface area (Å²) in [5, 5.41) is 17.3. The molecular weight excluding hydrogens is 347 g/mol. The maximum Gasteiger partial charge on any atom is 2.00 e. The molecule has 0 unspecified atom stereocenters. The van der Waals surface area contributed by atoms with Gasteiger partial charge in [0.1, 0.15) is 0 Å². The molecule has 1 rings (SSSR count). The maximum atomic E-state index is 10.5. The zero-order valence-corrected chi connectivity index (χ0v) is 13.8. The largest absolute Gasteiger partial charge is 2.00 e. The molecule has 0 saturated carbocycles. The molecule has 1 aromatic carbocycles. The van der Waals surface area contributed by atoms with Crippen LogP contribution in [0.1, 0.15) is 5.56 Å². The molecule has 0 saturated heterocycles. The molecule has 0 spiro atoms. The molecule has 0 radical (unpaired) electrons. The number of hydrogen-bond acceptors (Lipinski definition) is 3. The molecule has 0 aliphatic rings. The molecule has 0 amide bonds. The number of carbonyl (C=O) groups is 2. The van der Waals surface area contributed by atoms with Crippen molar-refractivity contribution < 1.29 is 19.8 Å². The summed E-state index contributed by atoms with van der Waals surface area (Å²) in [6, 6.07) is 9.17. The van der Waals surface area contributed by atoms with Crippen molar-refractivity contribution >= 4 is 60.8 Å². The molecule has 86 valence electrons. The van der Waals surface area contributed by atoms with Gasteiger partial charge < -0.3 is 10.2 Å². The molecule has 0 heterocycles. The van der Waals surface area contributed by atoms with Crippen LogP contribution in [-0.4, -0.2) is 89.0 Å². The summed E-state index contributed by atoms with van der Waals surface area (Å²) in [4.78, 5) is 22.5. The molecule has 1 aromatic rings. The fourth-order valence-electron chi connectivity index (χ4n) is 1.39. The molecule has 0 aliphatic heterocycles. The average molecular weight is 361 g/mol. The van der Waals surface area contributed by atoms with E-state index in [4.69, 9.17) is 10.2 Å². The van der Waals surface area contributed by atoms with E-state index in [1.54, 1.807) is 0 Å². The average Bonchev–Trinajstić information content (AvgIpc) is 2.16. The molecule has 0 bridgehead atoms. The van der Waals surface area contributed by atoms with Gasteiger partial charge in [0.2, 0.25) is 0 Å². The van der Waals surface area contributed by atoms with Gasteiger partial charge in [0.25, 0.3) is 0 Å². The van der Waals surface area contributed by atoms with Crippen LogP contribution in [0, 0.1) is 0 Å². The third-order valence-electron chi connectivity index (χ3n) is 1.97. The van der Waals surface area contributed by atoms with E-state index < -0.39 is 11.9 Å². The molecular formula is C11H13BaNO4+2. The van der Waals surface area contributed by atoms with Crippen LogP contribution in [0.15, 0.2) is 30.3 Å². The van der Waals surface area contributed by atoms with Crippen molar-refractivity contribution in [3.8, 4) is 0 Å². The number of hydrogen-bond donors (Lipinski definition) is 2. The topological polar surface area (TPSA) is 77.8 Å². The van der Waals surface area contributed by atoms with Crippen molar-refractivity contribution in [3.63, 3.8) is 0 Å². The van der Waals surface area contributed by atoms with Gasteiger partial charge >= 0.3 is 60.8 Å². The number of nitrogens with zero attached hydrogens (tertiary/aromatic N) is 1. The normalized spacial score (nSPS) is 9.71. The van der Waals surface area contributed by atoms with Gasteiger partial charge in [-0.15, -0.1) is 0 Å². The molecule has 0 aliphatic carbocycles. The Morgan fingerprint density at radius 3 is 1.88 bits per heavy atom. The molecule has 0 atom stereocenters. The number of benzene rings is 1. The third kappa shape index (κ3) is 7.59. The minimum Gasteiger partial charge on any atom is -0.480 e. The van der Waals surface area contributed by atoms with Crippen molar-refractivity contribution in [2.75, 3.05) is 13.1 Å². The molecule has 0 aromatic heterocycles. The summed E-state index contributed by atoms with van der Waals surface area (Å²) >= 11 is 0. The maximum absolute atomic E-state index is 10.5. The van der Waals surface area contributed by atoms with E-state index in [-0.39, 0.29) is 62.0 Å². The third-order valence-corrected chi connectivity index (χ3v) is 1.97. The van der Waals surface area contributed by atoms with Crippen LogP contribution >= 0.6 is 0 Å². The van der Waals surface area contributed by atoms with Gasteiger partial charge in [-0.05, 0) is 5.56 Å². The fourth-order valence-corrected chi connectivity index (χ4v) is 1.39. The van der Waals surface area contributed by atoms with Crippen molar-refractivity contribution in [1.29, 1.82) is 0 Å². The van der Waals surface area contributed by atoms with E-state index in [1.165, 1.54) is 4.90 Å². The monoisotopic (exact) mass is 361 g/mol. The van der Waals surface area contributed by atoms with Gasteiger partial charge in [0.15, 0.2) is 0 Å². The summed E-state index contributed by atoms with van der Waals surface area (Å²) < 4.78 is 0. The fraction of sp³-hybridized carbons (Fsp3) is 0.273. The van der Waals surface area contributed by atoms with E-state index >= 15 is 0 Å². The Labute approximate surface area is 140 Å². The second-order valence-electron chi connectivity index (χ2n) is 3.42. The van der Waals surface area contributed by atoms with Crippen molar-refractivity contribution in [2.45, 2.75) is 6.54 Å². The molecule has 5 nitrogen and oxygen atoms in total. The van der Waals surface area contributed by atoms with Crippen LogP contribution in [0.25, 0.3) is 0 Å². The van der Waals surface area contributed by atoms with Gasteiger partial charge in [0.05, 0.1) is 13.1 Å². The predicted octanol–water partition coefficient (Wildman–Crippen LogP) is 0.277. The zero-order valence-electron chi connectivity index (χ0n) is 9.37. The molecule has 6 heteroatoms. The van der Waals surface area contributed by atoms with Crippen LogP contribution in [0.3, 0.4) is 0 Å². The van der Waals surface area contributed by atoms with Gasteiger partial charge in [-0.3, -0.25) is 14.5 Å². The second-order valence-corrected chi connectivity index (χ2v) is 3.42. The smallest absolute Gasteiger partial charge is 0.480 e. The number of aliphatic carboxylic acids is 2. The Hall–Kier alpha value is -0.309.